The highest BCUT2D eigenvalue weighted by Crippen LogP contribution is 2.33. The van der Waals surface area contributed by atoms with Gasteiger partial charge in [0.05, 0.1) is 23.8 Å². The lowest BCUT2D eigenvalue weighted by molar-refractivity contribution is 0.415. The van der Waals surface area contributed by atoms with E-state index in [0.29, 0.717) is 24.2 Å². The van der Waals surface area contributed by atoms with E-state index >= 15 is 0 Å². The van der Waals surface area contributed by atoms with Crippen molar-refractivity contribution in [3.63, 3.8) is 0 Å². The Labute approximate surface area is 203 Å². The molecule has 0 amide bonds. The van der Waals surface area contributed by atoms with Gasteiger partial charge in [0.25, 0.3) is 0 Å². The zero-order chi connectivity index (χ0) is 23.9. The number of aryl methyl sites for hydroxylation is 1. The van der Waals surface area contributed by atoms with Crippen LogP contribution in [0, 0.1) is 6.92 Å². The highest BCUT2D eigenvalue weighted by Gasteiger charge is 2.20. The Morgan fingerprint density at radius 1 is 0.800 bits per heavy atom. The molecule has 0 spiro atoms. The molecular weight excluding hydrogens is 434 g/mol. The summed E-state index contributed by atoms with van der Waals surface area (Å²) in [5.74, 6) is 0.962. The van der Waals surface area contributed by atoms with Crippen molar-refractivity contribution in [2.24, 2.45) is 0 Å². The van der Waals surface area contributed by atoms with Crippen molar-refractivity contribution in [1.82, 2.24) is 14.4 Å². The Balaban J connectivity index is 1.61. The van der Waals surface area contributed by atoms with E-state index in [1.165, 1.54) is 5.56 Å². The van der Waals surface area contributed by atoms with Crippen molar-refractivity contribution in [2.45, 2.75) is 19.8 Å². The Hall–Kier alpha value is -4.38. The second-order valence-electron chi connectivity index (χ2n) is 8.94. The molecule has 0 aliphatic rings. The molecule has 172 valence electrons. The SMILES string of the molecule is COc1ccc2c(ccc3c2nc(Cc2ccccc2)c2nc(Cc4ccc(C)cc4)c(O)n23)c1. The molecule has 0 atom stereocenters. The molecule has 5 heteroatoms. The average molecular weight is 460 g/mol. The van der Waals surface area contributed by atoms with Gasteiger partial charge in [0, 0.05) is 18.2 Å². The van der Waals surface area contributed by atoms with Gasteiger partial charge in [0.1, 0.15) is 11.4 Å². The second-order valence-corrected chi connectivity index (χ2v) is 8.94. The molecular formula is C30H25N3O2. The first kappa shape index (κ1) is 21.2. The Bertz CT molecular complexity index is 1690. The number of methoxy groups -OCH3 is 1. The fourth-order valence-corrected chi connectivity index (χ4v) is 4.69. The first-order chi connectivity index (χ1) is 17.1. The maximum Gasteiger partial charge on any atom is 0.220 e. The first-order valence-electron chi connectivity index (χ1n) is 11.7. The zero-order valence-electron chi connectivity index (χ0n) is 19.7. The molecule has 5 nitrogen and oxygen atoms in total. The number of nitrogens with zero attached hydrogens (tertiary/aromatic N) is 3. The van der Waals surface area contributed by atoms with Gasteiger partial charge in [-0.3, -0.25) is 4.40 Å². The monoisotopic (exact) mass is 459 g/mol. The fourth-order valence-electron chi connectivity index (χ4n) is 4.69. The van der Waals surface area contributed by atoms with Crippen LogP contribution in [0.25, 0.3) is 27.5 Å². The van der Waals surface area contributed by atoms with E-state index in [4.69, 9.17) is 14.7 Å². The Morgan fingerprint density at radius 2 is 1.54 bits per heavy atom. The molecule has 1 N–H and O–H groups in total. The molecule has 35 heavy (non-hydrogen) atoms. The molecule has 0 saturated carbocycles. The normalized spacial score (nSPS) is 11.5. The van der Waals surface area contributed by atoms with E-state index in [1.54, 1.807) is 7.11 Å². The smallest absolute Gasteiger partial charge is 0.220 e. The number of rotatable bonds is 5. The van der Waals surface area contributed by atoms with Crippen LogP contribution in [0.2, 0.25) is 0 Å². The summed E-state index contributed by atoms with van der Waals surface area (Å²) in [6.07, 6.45) is 1.16. The van der Waals surface area contributed by atoms with Gasteiger partial charge in [0.15, 0.2) is 5.65 Å². The number of benzene rings is 4. The maximum atomic E-state index is 11.4. The van der Waals surface area contributed by atoms with Crippen LogP contribution in [0.4, 0.5) is 0 Å². The van der Waals surface area contributed by atoms with Crippen molar-refractivity contribution in [3.8, 4) is 11.6 Å². The van der Waals surface area contributed by atoms with Crippen LogP contribution in [0.5, 0.6) is 11.6 Å². The van der Waals surface area contributed by atoms with E-state index in [9.17, 15) is 5.11 Å². The molecule has 0 unspecified atom stereocenters. The van der Waals surface area contributed by atoms with Crippen LogP contribution in [0.3, 0.4) is 0 Å². The lowest BCUT2D eigenvalue weighted by Gasteiger charge is -2.11. The van der Waals surface area contributed by atoms with Crippen molar-refractivity contribution in [1.29, 1.82) is 0 Å². The van der Waals surface area contributed by atoms with Gasteiger partial charge in [0.2, 0.25) is 5.88 Å². The molecule has 6 aromatic rings. The molecule has 2 aromatic heterocycles. The molecule has 2 heterocycles. The van der Waals surface area contributed by atoms with Crippen molar-refractivity contribution >= 4 is 27.5 Å². The summed E-state index contributed by atoms with van der Waals surface area (Å²) >= 11 is 0. The van der Waals surface area contributed by atoms with Gasteiger partial charge in [-0.25, -0.2) is 9.97 Å². The molecule has 0 radical (unpaired) electrons. The number of imidazole rings is 1. The number of fused-ring (bicyclic) bond motifs is 5. The largest absolute Gasteiger partial charge is 0.497 e. The van der Waals surface area contributed by atoms with Crippen LogP contribution in [0.15, 0.2) is 84.9 Å². The van der Waals surface area contributed by atoms with Crippen molar-refractivity contribution < 1.29 is 9.84 Å². The third-order valence-electron chi connectivity index (χ3n) is 6.55. The Kier molecular flexibility index (Phi) is 5.10. The minimum atomic E-state index is 0.162. The quantitative estimate of drug-likeness (QED) is 0.310. The highest BCUT2D eigenvalue weighted by molar-refractivity contribution is 6.05. The lowest BCUT2D eigenvalue weighted by atomic mass is 10.1. The van der Waals surface area contributed by atoms with Gasteiger partial charge < -0.3 is 9.84 Å². The van der Waals surface area contributed by atoms with Gasteiger partial charge in [-0.15, -0.1) is 0 Å². The topological polar surface area (TPSA) is 59.7 Å². The molecule has 4 aromatic carbocycles. The summed E-state index contributed by atoms with van der Waals surface area (Å²) in [6, 6.07) is 28.6. The fraction of sp³-hybridized carbons (Fsp3) is 0.133. The lowest BCUT2D eigenvalue weighted by Crippen LogP contribution is -2.01. The molecule has 0 aliphatic carbocycles. The molecule has 0 aliphatic heterocycles. The van der Waals surface area contributed by atoms with E-state index in [1.807, 2.05) is 52.9 Å². The van der Waals surface area contributed by atoms with Crippen molar-refractivity contribution in [2.75, 3.05) is 7.11 Å². The Morgan fingerprint density at radius 3 is 2.31 bits per heavy atom. The second kappa shape index (κ2) is 8.44. The third-order valence-corrected chi connectivity index (χ3v) is 6.55. The summed E-state index contributed by atoms with van der Waals surface area (Å²) in [6.45, 7) is 2.07. The molecule has 0 fully saturated rings. The third kappa shape index (κ3) is 3.75. The van der Waals surface area contributed by atoms with E-state index in [-0.39, 0.29) is 5.88 Å². The molecule has 0 bridgehead atoms. The van der Waals surface area contributed by atoms with E-state index in [0.717, 1.165) is 44.4 Å². The summed E-state index contributed by atoms with van der Waals surface area (Å²) in [5, 5.41) is 13.4. The van der Waals surface area contributed by atoms with Gasteiger partial charge in [-0.1, -0.05) is 66.2 Å². The zero-order valence-corrected chi connectivity index (χ0v) is 19.7. The van der Waals surface area contributed by atoms with Crippen LogP contribution in [0.1, 0.15) is 28.1 Å². The first-order valence-corrected chi connectivity index (χ1v) is 11.7. The summed E-state index contributed by atoms with van der Waals surface area (Å²) in [4.78, 5) is 10.0. The number of aromatic hydroxyl groups is 1. The number of ether oxygens (including phenoxy) is 1. The van der Waals surface area contributed by atoms with Crippen LogP contribution < -0.4 is 4.74 Å². The molecule has 0 saturated heterocycles. The number of aromatic nitrogens is 3. The summed E-state index contributed by atoms with van der Waals surface area (Å²) < 4.78 is 7.27. The van der Waals surface area contributed by atoms with E-state index in [2.05, 4.69) is 43.3 Å². The summed E-state index contributed by atoms with van der Waals surface area (Å²) in [5.41, 5.74) is 7.28. The number of hydrogen-bond donors (Lipinski definition) is 1. The van der Waals surface area contributed by atoms with Crippen LogP contribution >= 0.6 is 0 Å². The minimum absolute atomic E-state index is 0.162. The molecule has 6 rings (SSSR count). The highest BCUT2D eigenvalue weighted by atomic mass is 16.5. The van der Waals surface area contributed by atoms with Crippen LogP contribution in [-0.2, 0) is 12.8 Å². The summed E-state index contributed by atoms with van der Waals surface area (Å²) in [7, 11) is 1.67. The average Bonchev–Trinajstić information content (AvgIpc) is 3.22. The van der Waals surface area contributed by atoms with Crippen LogP contribution in [-0.4, -0.2) is 26.6 Å². The van der Waals surface area contributed by atoms with Gasteiger partial charge in [-0.05, 0) is 47.7 Å². The van der Waals surface area contributed by atoms with Gasteiger partial charge in [-0.2, -0.15) is 0 Å². The van der Waals surface area contributed by atoms with E-state index < -0.39 is 0 Å². The predicted molar refractivity (Wildman–Crippen MR) is 139 cm³/mol. The minimum Gasteiger partial charge on any atom is -0.497 e. The standard InChI is InChI=1S/C30H25N3O2/c1-19-8-10-21(11-9-19)17-26-30(34)33-27-15-12-22-18-23(35-2)13-14-24(22)28(27)31-25(29(33)32-26)16-20-6-4-3-5-7-20/h3-15,18,34H,16-17H2,1-2H3. The predicted octanol–water partition coefficient (Wildman–Crippen LogP) is 6.24. The van der Waals surface area contributed by atoms with Crippen molar-refractivity contribution in [3.05, 3.63) is 113 Å². The number of hydrogen-bond acceptors (Lipinski definition) is 4. The van der Waals surface area contributed by atoms with Gasteiger partial charge >= 0.3 is 0 Å². The maximum absolute atomic E-state index is 11.4.